The lowest BCUT2D eigenvalue weighted by Crippen LogP contribution is -2.39. The molecule has 10 heteroatoms. The Morgan fingerprint density at radius 1 is 1.18 bits per heavy atom. The second kappa shape index (κ2) is 8.30. The van der Waals surface area contributed by atoms with Crippen molar-refractivity contribution in [3.8, 4) is 5.75 Å². The Balaban J connectivity index is 1.39. The summed E-state index contributed by atoms with van der Waals surface area (Å²) in [5, 5.41) is 8.67. The molecular formula is C18H16Cl2N4O4. The van der Waals surface area contributed by atoms with Gasteiger partial charge in [-0.2, -0.15) is 10.1 Å². The second-order valence-electron chi connectivity index (χ2n) is 6.29. The molecule has 0 bridgehead atoms. The van der Waals surface area contributed by atoms with Crippen molar-refractivity contribution in [1.29, 1.82) is 0 Å². The monoisotopic (exact) mass is 422 g/mol. The molecule has 0 aliphatic carbocycles. The highest BCUT2D eigenvalue weighted by molar-refractivity contribution is 6.31. The van der Waals surface area contributed by atoms with Crippen LogP contribution in [0.1, 0.15) is 17.3 Å². The van der Waals surface area contributed by atoms with E-state index in [1.165, 1.54) is 6.20 Å². The van der Waals surface area contributed by atoms with E-state index in [2.05, 4.69) is 15.2 Å². The first-order valence-electron chi connectivity index (χ1n) is 8.64. The van der Waals surface area contributed by atoms with Crippen LogP contribution in [0.25, 0.3) is 0 Å². The SMILES string of the molecule is O=c1c(Cl)c(OC2COC2)cnn1Cc1nc(CCc2ccc(Cl)cc2)no1. The maximum absolute atomic E-state index is 12.4. The van der Waals surface area contributed by atoms with Gasteiger partial charge in [-0.3, -0.25) is 4.79 Å². The molecular weight excluding hydrogens is 407 g/mol. The molecule has 1 aliphatic heterocycles. The van der Waals surface area contributed by atoms with Crippen LogP contribution in [0.3, 0.4) is 0 Å². The molecule has 1 fully saturated rings. The van der Waals surface area contributed by atoms with Gasteiger partial charge in [0, 0.05) is 11.4 Å². The number of aromatic nitrogens is 4. The van der Waals surface area contributed by atoms with Crippen molar-refractivity contribution in [2.75, 3.05) is 13.2 Å². The number of halogens is 2. The summed E-state index contributed by atoms with van der Waals surface area (Å²) in [5.41, 5.74) is 0.633. The van der Waals surface area contributed by atoms with Crippen LogP contribution in [0.15, 0.2) is 39.8 Å². The highest BCUT2D eigenvalue weighted by atomic mass is 35.5. The number of benzene rings is 1. The molecule has 146 valence electrons. The maximum Gasteiger partial charge on any atom is 0.289 e. The number of hydrogen-bond acceptors (Lipinski definition) is 7. The van der Waals surface area contributed by atoms with Crippen molar-refractivity contribution in [2.45, 2.75) is 25.5 Å². The lowest BCUT2D eigenvalue weighted by Gasteiger charge is -2.26. The summed E-state index contributed by atoms with van der Waals surface area (Å²) in [7, 11) is 0. The second-order valence-corrected chi connectivity index (χ2v) is 7.11. The average Bonchev–Trinajstić information content (AvgIpc) is 3.10. The smallest absolute Gasteiger partial charge is 0.289 e. The fraction of sp³-hybridized carbons (Fsp3) is 0.333. The first-order valence-corrected chi connectivity index (χ1v) is 9.40. The summed E-state index contributed by atoms with van der Waals surface area (Å²) in [6.07, 6.45) is 2.65. The van der Waals surface area contributed by atoms with Crippen molar-refractivity contribution in [3.05, 3.63) is 68.1 Å². The molecule has 8 nitrogen and oxygen atoms in total. The van der Waals surface area contributed by atoms with Gasteiger partial charge >= 0.3 is 0 Å². The first kappa shape index (κ1) is 18.9. The summed E-state index contributed by atoms with van der Waals surface area (Å²) in [4.78, 5) is 16.7. The third kappa shape index (κ3) is 4.35. The lowest BCUT2D eigenvalue weighted by molar-refractivity contribution is -0.0798. The summed E-state index contributed by atoms with van der Waals surface area (Å²) in [5.74, 6) is 1.07. The highest BCUT2D eigenvalue weighted by Gasteiger charge is 2.23. The predicted molar refractivity (Wildman–Crippen MR) is 101 cm³/mol. The van der Waals surface area contributed by atoms with Crippen LogP contribution in [0.2, 0.25) is 10.0 Å². The minimum Gasteiger partial charge on any atom is -0.482 e. The van der Waals surface area contributed by atoms with Crippen LogP contribution in [0.4, 0.5) is 0 Å². The van der Waals surface area contributed by atoms with Crippen LogP contribution in [0, 0.1) is 0 Å². The largest absolute Gasteiger partial charge is 0.482 e. The van der Waals surface area contributed by atoms with E-state index in [4.69, 9.17) is 37.2 Å². The van der Waals surface area contributed by atoms with Gasteiger partial charge in [-0.15, -0.1) is 0 Å². The third-order valence-corrected chi connectivity index (χ3v) is 4.80. The van der Waals surface area contributed by atoms with Gasteiger partial charge in [-0.25, -0.2) is 4.68 Å². The Bertz CT molecular complexity index is 1020. The van der Waals surface area contributed by atoms with Gasteiger partial charge in [0.1, 0.15) is 12.6 Å². The molecule has 1 saturated heterocycles. The van der Waals surface area contributed by atoms with Gasteiger partial charge in [0.15, 0.2) is 16.6 Å². The van der Waals surface area contributed by atoms with E-state index in [1.807, 2.05) is 24.3 Å². The van der Waals surface area contributed by atoms with Gasteiger partial charge < -0.3 is 14.0 Å². The lowest BCUT2D eigenvalue weighted by atomic mass is 10.1. The Morgan fingerprint density at radius 3 is 2.68 bits per heavy atom. The zero-order chi connectivity index (χ0) is 19.5. The summed E-state index contributed by atoms with van der Waals surface area (Å²) < 4.78 is 17.0. The molecule has 3 heterocycles. The van der Waals surface area contributed by atoms with Crippen LogP contribution in [0.5, 0.6) is 5.75 Å². The van der Waals surface area contributed by atoms with Gasteiger partial charge in [0.25, 0.3) is 5.56 Å². The topological polar surface area (TPSA) is 92.3 Å². The number of hydrogen-bond donors (Lipinski definition) is 0. The van der Waals surface area contributed by atoms with Crippen LogP contribution >= 0.6 is 23.2 Å². The fourth-order valence-corrected chi connectivity index (χ4v) is 2.91. The number of nitrogens with zero attached hydrogens (tertiary/aromatic N) is 4. The molecule has 28 heavy (non-hydrogen) atoms. The van der Waals surface area contributed by atoms with Gasteiger partial charge in [-0.1, -0.05) is 40.5 Å². The van der Waals surface area contributed by atoms with E-state index in [0.29, 0.717) is 30.5 Å². The molecule has 0 spiro atoms. The summed E-state index contributed by atoms with van der Waals surface area (Å²) >= 11 is 12.0. The third-order valence-electron chi connectivity index (χ3n) is 4.20. The molecule has 0 atom stereocenters. The van der Waals surface area contributed by atoms with Gasteiger partial charge in [0.05, 0.1) is 19.4 Å². The molecule has 1 aromatic carbocycles. The molecule has 0 N–H and O–H groups in total. The van der Waals surface area contributed by atoms with Crippen LogP contribution < -0.4 is 10.3 Å². The van der Waals surface area contributed by atoms with E-state index in [0.717, 1.165) is 16.7 Å². The van der Waals surface area contributed by atoms with E-state index in [9.17, 15) is 4.79 Å². The summed E-state index contributed by atoms with van der Waals surface area (Å²) in [6, 6.07) is 7.58. The quantitative estimate of drug-likeness (QED) is 0.577. The highest BCUT2D eigenvalue weighted by Crippen LogP contribution is 2.22. The summed E-state index contributed by atoms with van der Waals surface area (Å²) in [6.45, 7) is 0.972. The molecule has 1 aliphatic rings. The van der Waals surface area contributed by atoms with Crippen molar-refractivity contribution in [2.24, 2.45) is 0 Å². The van der Waals surface area contributed by atoms with E-state index in [1.54, 1.807) is 0 Å². The zero-order valence-corrected chi connectivity index (χ0v) is 16.2. The van der Waals surface area contributed by atoms with Crippen molar-refractivity contribution in [3.63, 3.8) is 0 Å². The predicted octanol–water partition coefficient (Wildman–Crippen LogP) is 2.54. The Morgan fingerprint density at radius 2 is 1.96 bits per heavy atom. The normalized spacial score (nSPS) is 14.1. The Hall–Kier alpha value is -2.42. The number of ether oxygens (including phenoxy) is 2. The molecule has 0 amide bonds. The molecule has 0 unspecified atom stereocenters. The zero-order valence-electron chi connectivity index (χ0n) is 14.7. The van der Waals surface area contributed by atoms with E-state index < -0.39 is 5.56 Å². The van der Waals surface area contributed by atoms with E-state index in [-0.39, 0.29) is 29.3 Å². The Kier molecular flexibility index (Phi) is 5.61. The first-order chi connectivity index (χ1) is 13.6. The number of rotatable bonds is 7. The van der Waals surface area contributed by atoms with Crippen LogP contribution in [-0.2, 0) is 24.1 Å². The molecule has 0 saturated carbocycles. The average molecular weight is 423 g/mol. The molecule has 3 aromatic rings. The fourth-order valence-electron chi connectivity index (χ4n) is 2.60. The van der Waals surface area contributed by atoms with Crippen molar-refractivity contribution < 1.29 is 14.0 Å². The number of aryl methyl sites for hydroxylation is 2. The van der Waals surface area contributed by atoms with Gasteiger partial charge in [0.2, 0.25) is 5.89 Å². The standard InChI is InChI=1S/C18H16Cl2N4O4/c19-12-4-1-11(2-5-12)3-6-15-22-16(28-23-15)8-24-18(25)17(20)14(7-21-24)27-13-9-26-10-13/h1-2,4-5,7,13H,3,6,8-10H2. The molecule has 0 radical (unpaired) electrons. The molecule has 2 aromatic heterocycles. The van der Waals surface area contributed by atoms with Crippen molar-refractivity contribution in [1.82, 2.24) is 19.9 Å². The van der Waals surface area contributed by atoms with Crippen molar-refractivity contribution >= 4 is 23.2 Å². The Labute approximate surface area is 170 Å². The minimum atomic E-state index is -0.486. The van der Waals surface area contributed by atoms with E-state index >= 15 is 0 Å². The van der Waals surface area contributed by atoms with Gasteiger partial charge in [-0.05, 0) is 24.1 Å². The van der Waals surface area contributed by atoms with Crippen LogP contribution in [-0.4, -0.2) is 39.2 Å². The minimum absolute atomic E-state index is 0.0271. The maximum atomic E-state index is 12.4. The molecule has 4 rings (SSSR count).